The highest BCUT2D eigenvalue weighted by Gasteiger charge is 2.36. The molecule has 0 aliphatic heterocycles. The molecule has 0 radical (unpaired) electrons. The smallest absolute Gasteiger partial charge is 0.307 e. The van der Waals surface area contributed by atoms with E-state index < -0.39 is 17.8 Å². The third kappa shape index (κ3) is 3.84. The van der Waals surface area contributed by atoms with E-state index in [1.54, 1.807) is 0 Å². The van der Waals surface area contributed by atoms with E-state index in [0.717, 1.165) is 24.8 Å². The van der Waals surface area contributed by atoms with Crippen LogP contribution in [0.5, 0.6) is 0 Å². The van der Waals surface area contributed by atoms with Crippen molar-refractivity contribution in [3.05, 3.63) is 35.9 Å². The van der Waals surface area contributed by atoms with Gasteiger partial charge in [0, 0.05) is 0 Å². The predicted octanol–water partition coefficient (Wildman–Crippen LogP) is 3.14. The van der Waals surface area contributed by atoms with Gasteiger partial charge in [0.05, 0.1) is 17.9 Å². The van der Waals surface area contributed by atoms with Gasteiger partial charge in [0.2, 0.25) is 5.91 Å². The van der Waals surface area contributed by atoms with Crippen molar-refractivity contribution in [2.24, 2.45) is 11.8 Å². The zero-order valence-corrected chi connectivity index (χ0v) is 12.4. The van der Waals surface area contributed by atoms with Crippen LogP contribution in [0.4, 0.5) is 0 Å². The van der Waals surface area contributed by atoms with Crippen LogP contribution < -0.4 is 5.32 Å². The molecule has 1 amide bonds. The second-order valence-electron chi connectivity index (χ2n) is 5.72. The van der Waals surface area contributed by atoms with Crippen molar-refractivity contribution in [1.82, 2.24) is 5.32 Å². The molecule has 0 bridgehead atoms. The Kier molecular flexibility index (Phi) is 5.37. The maximum atomic E-state index is 12.5. The third-order valence-electron chi connectivity index (χ3n) is 4.35. The number of amides is 1. The first-order chi connectivity index (χ1) is 10.1. The SMILES string of the molecule is CC[C@H](NC(=O)[C@H]1CCCC[C@@H]1C(=O)O)c1ccccc1. The summed E-state index contributed by atoms with van der Waals surface area (Å²) in [4.78, 5) is 23.8. The van der Waals surface area contributed by atoms with E-state index in [-0.39, 0.29) is 11.9 Å². The molecule has 0 unspecified atom stereocenters. The Balaban J connectivity index is 2.06. The molecule has 1 saturated carbocycles. The van der Waals surface area contributed by atoms with Crippen molar-refractivity contribution in [3.63, 3.8) is 0 Å². The van der Waals surface area contributed by atoms with Crippen molar-refractivity contribution in [1.29, 1.82) is 0 Å². The molecule has 0 aromatic heterocycles. The molecule has 2 rings (SSSR count). The second-order valence-corrected chi connectivity index (χ2v) is 5.72. The Morgan fingerprint density at radius 3 is 2.38 bits per heavy atom. The first-order valence-corrected chi connectivity index (χ1v) is 7.71. The van der Waals surface area contributed by atoms with Gasteiger partial charge in [-0.1, -0.05) is 50.1 Å². The summed E-state index contributed by atoms with van der Waals surface area (Å²) in [6, 6.07) is 9.78. The fourth-order valence-corrected chi connectivity index (χ4v) is 3.13. The summed E-state index contributed by atoms with van der Waals surface area (Å²) in [7, 11) is 0. The zero-order valence-electron chi connectivity index (χ0n) is 12.4. The summed E-state index contributed by atoms with van der Waals surface area (Å²) in [6.07, 6.45) is 3.91. The number of hydrogen-bond acceptors (Lipinski definition) is 2. The highest BCUT2D eigenvalue weighted by molar-refractivity contribution is 5.85. The molecule has 21 heavy (non-hydrogen) atoms. The van der Waals surface area contributed by atoms with E-state index in [4.69, 9.17) is 0 Å². The molecule has 1 aliphatic rings. The van der Waals surface area contributed by atoms with Crippen molar-refractivity contribution < 1.29 is 14.7 Å². The molecule has 1 fully saturated rings. The Morgan fingerprint density at radius 1 is 1.19 bits per heavy atom. The standard InChI is InChI=1S/C17H23NO3/c1-2-15(12-8-4-3-5-9-12)18-16(19)13-10-6-7-11-14(13)17(20)21/h3-5,8-9,13-15H,2,6-7,10-11H2,1H3,(H,18,19)(H,20,21)/t13-,14-,15-/m0/s1. The molecule has 0 saturated heterocycles. The number of hydrogen-bond donors (Lipinski definition) is 2. The number of benzene rings is 1. The highest BCUT2D eigenvalue weighted by atomic mass is 16.4. The summed E-state index contributed by atoms with van der Waals surface area (Å²) < 4.78 is 0. The van der Waals surface area contributed by atoms with Crippen molar-refractivity contribution in [2.45, 2.75) is 45.1 Å². The summed E-state index contributed by atoms with van der Waals surface area (Å²) in [5.74, 6) is -1.89. The van der Waals surface area contributed by atoms with Gasteiger partial charge in [0.1, 0.15) is 0 Å². The van der Waals surface area contributed by atoms with Crippen LogP contribution >= 0.6 is 0 Å². The molecule has 3 atom stereocenters. The lowest BCUT2D eigenvalue weighted by molar-refractivity contribution is -0.149. The molecule has 1 aliphatic carbocycles. The first kappa shape index (κ1) is 15.5. The number of rotatable bonds is 5. The van der Waals surface area contributed by atoms with Crippen molar-refractivity contribution in [2.75, 3.05) is 0 Å². The summed E-state index contributed by atoms with van der Waals surface area (Å²) in [5, 5.41) is 12.3. The number of carbonyl (C=O) groups excluding carboxylic acids is 1. The van der Waals surface area contributed by atoms with Crippen molar-refractivity contribution >= 4 is 11.9 Å². The topological polar surface area (TPSA) is 66.4 Å². The van der Waals surface area contributed by atoms with Crippen LogP contribution in [0.25, 0.3) is 0 Å². The van der Waals surface area contributed by atoms with Gasteiger partial charge in [-0.15, -0.1) is 0 Å². The van der Waals surface area contributed by atoms with E-state index in [1.165, 1.54) is 0 Å². The number of carbonyl (C=O) groups is 2. The molecule has 4 heteroatoms. The van der Waals surface area contributed by atoms with Gasteiger partial charge >= 0.3 is 5.97 Å². The van der Waals surface area contributed by atoms with Crippen LogP contribution in [0.2, 0.25) is 0 Å². The minimum Gasteiger partial charge on any atom is -0.481 e. The Bertz CT molecular complexity index is 486. The normalized spacial score (nSPS) is 23.3. The lowest BCUT2D eigenvalue weighted by atomic mass is 9.78. The minimum absolute atomic E-state index is 0.0462. The molecular formula is C17H23NO3. The Labute approximate surface area is 125 Å². The molecule has 2 N–H and O–H groups in total. The van der Waals surface area contributed by atoms with E-state index in [0.29, 0.717) is 12.8 Å². The summed E-state index contributed by atoms with van der Waals surface area (Å²) in [6.45, 7) is 2.02. The molecule has 0 spiro atoms. The van der Waals surface area contributed by atoms with Gasteiger partial charge in [-0.25, -0.2) is 0 Å². The van der Waals surface area contributed by atoms with E-state index in [2.05, 4.69) is 5.32 Å². The highest BCUT2D eigenvalue weighted by Crippen LogP contribution is 2.31. The summed E-state index contributed by atoms with van der Waals surface area (Å²) in [5.41, 5.74) is 1.07. The van der Waals surface area contributed by atoms with Gasteiger partial charge < -0.3 is 10.4 Å². The van der Waals surface area contributed by atoms with E-state index in [1.807, 2.05) is 37.3 Å². The van der Waals surface area contributed by atoms with Gasteiger partial charge in [0.15, 0.2) is 0 Å². The Morgan fingerprint density at radius 2 is 1.81 bits per heavy atom. The summed E-state index contributed by atoms with van der Waals surface area (Å²) >= 11 is 0. The van der Waals surface area contributed by atoms with Gasteiger partial charge in [-0.05, 0) is 24.8 Å². The largest absolute Gasteiger partial charge is 0.481 e. The third-order valence-corrected chi connectivity index (χ3v) is 4.35. The number of aliphatic carboxylic acids is 1. The van der Waals surface area contributed by atoms with E-state index in [9.17, 15) is 14.7 Å². The van der Waals surface area contributed by atoms with Crippen LogP contribution in [0, 0.1) is 11.8 Å². The lowest BCUT2D eigenvalue weighted by Gasteiger charge is -2.29. The van der Waals surface area contributed by atoms with Crippen LogP contribution in [-0.2, 0) is 9.59 Å². The first-order valence-electron chi connectivity index (χ1n) is 7.71. The molecule has 1 aromatic carbocycles. The predicted molar refractivity (Wildman–Crippen MR) is 80.7 cm³/mol. The fraction of sp³-hybridized carbons (Fsp3) is 0.529. The maximum Gasteiger partial charge on any atom is 0.307 e. The molecule has 4 nitrogen and oxygen atoms in total. The van der Waals surface area contributed by atoms with E-state index >= 15 is 0 Å². The van der Waals surface area contributed by atoms with Crippen LogP contribution in [0.15, 0.2) is 30.3 Å². The van der Waals surface area contributed by atoms with Crippen LogP contribution in [0.1, 0.15) is 50.6 Å². The number of carboxylic acids is 1. The fourth-order valence-electron chi connectivity index (χ4n) is 3.13. The Hall–Kier alpha value is -1.84. The monoisotopic (exact) mass is 289 g/mol. The zero-order chi connectivity index (χ0) is 15.2. The number of carboxylic acid groups (broad SMARTS) is 1. The quantitative estimate of drug-likeness (QED) is 0.875. The minimum atomic E-state index is -0.845. The lowest BCUT2D eigenvalue weighted by Crippen LogP contribution is -2.41. The number of nitrogens with one attached hydrogen (secondary N) is 1. The average Bonchev–Trinajstić information content (AvgIpc) is 2.53. The molecule has 1 aromatic rings. The van der Waals surface area contributed by atoms with Crippen molar-refractivity contribution in [3.8, 4) is 0 Å². The van der Waals surface area contributed by atoms with Crippen LogP contribution in [-0.4, -0.2) is 17.0 Å². The second kappa shape index (κ2) is 7.25. The van der Waals surface area contributed by atoms with Crippen LogP contribution in [0.3, 0.4) is 0 Å². The maximum absolute atomic E-state index is 12.5. The molecule has 114 valence electrons. The van der Waals surface area contributed by atoms with Gasteiger partial charge in [-0.2, -0.15) is 0 Å². The average molecular weight is 289 g/mol. The molecule has 0 heterocycles. The van der Waals surface area contributed by atoms with Gasteiger partial charge in [0.25, 0.3) is 0 Å². The molecular weight excluding hydrogens is 266 g/mol. The van der Waals surface area contributed by atoms with Gasteiger partial charge in [-0.3, -0.25) is 9.59 Å².